The van der Waals surface area contributed by atoms with Crippen LogP contribution in [0.1, 0.15) is 5.56 Å². The van der Waals surface area contributed by atoms with Crippen LogP contribution >= 0.6 is 0 Å². The van der Waals surface area contributed by atoms with Gasteiger partial charge in [-0.25, -0.2) is 9.78 Å². The molecule has 17 heavy (non-hydrogen) atoms. The Labute approximate surface area is 95.7 Å². The van der Waals surface area contributed by atoms with Gasteiger partial charge in [-0.3, -0.25) is 0 Å². The van der Waals surface area contributed by atoms with Crippen molar-refractivity contribution >= 4 is 11.7 Å². The minimum absolute atomic E-state index is 0.229. The number of urea groups is 1. The van der Waals surface area contributed by atoms with Gasteiger partial charge in [0, 0.05) is 0 Å². The first-order valence-corrected chi connectivity index (χ1v) is 4.54. The molecule has 0 bridgehead atoms. The summed E-state index contributed by atoms with van der Waals surface area (Å²) in [4.78, 5) is 15.9. The number of aromatic nitrogens is 4. The van der Waals surface area contributed by atoms with Crippen molar-refractivity contribution in [2.24, 2.45) is 5.73 Å². The third-order valence-electron chi connectivity index (χ3n) is 1.86. The molecular formula is C9H7N7O. The van der Waals surface area contributed by atoms with Crippen molar-refractivity contribution < 1.29 is 4.79 Å². The molecule has 0 fully saturated rings. The molecule has 8 heteroatoms. The van der Waals surface area contributed by atoms with Gasteiger partial charge in [-0.1, -0.05) is 0 Å². The van der Waals surface area contributed by atoms with Gasteiger partial charge in [-0.05, 0) is 6.07 Å². The summed E-state index contributed by atoms with van der Waals surface area (Å²) < 4.78 is 0. The zero-order valence-corrected chi connectivity index (χ0v) is 8.53. The van der Waals surface area contributed by atoms with E-state index in [9.17, 15) is 4.79 Å². The molecule has 0 aliphatic heterocycles. The molecule has 2 aromatic rings. The molecule has 2 rings (SSSR count). The molecular weight excluding hydrogens is 222 g/mol. The van der Waals surface area contributed by atoms with Crippen LogP contribution in [0.4, 0.5) is 10.5 Å². The lowest BCUT2D eigenvalue weighted by molar-refractivity contribution is 0.259. The Morgan fingerprint density at radius 2 is 2.18 bits per heavy atom. The van der Waals surface area contributed by atoms with Crippen molar-refractivity contribution in [1.29, 1.82) is 5.26 Å². The standard InChI is InChI=1S/C9H7N7O/c10-4-6-3-7(15-9(11)17)5-12-8(6)16-13-1-2-14-16/h1-3,5H,(H3,11,15,17). The molecule has 0 saturated heterocycles. The number of nitrogens with one attached hydrogen (secondary N) is 1. The number of nitrogens with two attached hydrogens (primary N) is 1. The number of amides is 2. The lowest BCUT2D eigenvalue weighted by Crippen LogP contribution is -2.19. The van der Waals surface area contributed by atoms with Crippen molar-refractivity contribution in [3.63, 3.8) is 0 Å². The third kappa shape index (κ3) is 2.18. The van der Waals surface area contributed by atoms with Gasteiger partial charge in [-0.2, -0.15) is 15.5 Å². The lowest BCUT2D eigenvalue weighted by atomic mass is 10.2. The van der Waals surface area contributed by atoms with E-state index in [0.717, 1.165) is 0 Å². The second kappa shape index (κ2) is 4.28. The van der Waals surface area contributed by atoms with Crippen LogP contribution in [0.5, 0.6) is 0 Å². The Morgan fingerprint density at radius 1 is 1.47 bits per heavy atom. The van der Waals surface area contributed by atoms with E-state index in [-0.39, 0.29) is 11.4 Å². The molecule has 2 amide bonds. The number of nitrogens with zero attached hydrogens (tertiary/aromatic N) is 5. The zero-order valence-electron chi connectivity index (χ0n) is 8.53. The van der Waals surface area contributed by atoms with Crippen molar-refractivity contribution in [3.8, 4) is 11.9 Å². The maximum absolute atomic E-state index is 10.7. The highest BCUT2D eigenvalue weighted by Gasteiger charge is 2.09. The number of carbonyl (C=O) groups excluding carboxylic acids is 1. The minimum Gasteiger partial charge on any atom is -0.351 e. The zero-order chi connectivity index (χ0) is 12.3. The monoisotopic (exact) mass is 229 g/mol. The van der Waals surface area contributed by atoms with Gasteiger partial charge in [0.25, 0.3) is 0 Å². The van der Waals surface area contributed by atoms with Crippen molar-refractivity contribution in [2.45, 2.75) is 0 Å². The summed E-state index contributed by atoms with van der Waals surface area (Å²) in [5.74, 6) is 0.285. The van der Waals surface area contributed by atoms with E-state index in [0.29, 0.717) is 5.69 Å². The average Bonchev–Trinajstić information content (AvgIpc) is 2.81. The summed E-state index contributed by atoms with van der Waals surface area (Å²) in [7, 11) is 0. The molecule has 2 aromatic heterocycles. The van der Waals surface area contributed by atoms with Gasteiger partial charge in [0.1, 0.15) is 11.6 Å². The summed E-state index contributed by atoms with van der Waals surface area (Å²) in [5, 5.41) is 19.0. The Morgan fingerprint density at radius 3 is 2.76 bits per heavy atom. The smallest absolute Gasteiger partial charge is 0.316 e. The van der Waals surface area contributed by atoms with E-state index in [2.05, 4.69) is 20.5 Å². The molecule has 0 radical (unpaired) electrons. The number of rotatable bonds is 2. The minimum atomic E-state index is -0.722. The summed E-state index contributed by atoms with van der Waals surface area (Å²) >= 11 is 0. The summed E-state index contributed by atoms with van der Waals surface area (Å²) in [6.45, 7) is 0. The van der Waals surface area contributed by atoms with Gasteiger partial charge in [0.2, 0.25) is 0 Å². The number of carbonyl (C=O) groups is 1. The van der Waals surface area contributed by atoms with Crippen molar-refractivity contribution in [2.75, 3.05) is 5.32 Å². The Hall–Kier alpha value is -2.95. The van der Waals surface area contributed by atoms with Crippen LogP contribution < -0.4 is 11.1 Å². The molecule has 0 spiro atoms. The number of anilines is 1. The first-order valence-electron chi connectivity index (χ1n) is 4.54. The van der Waals surface area contributed by atoms with Crippen LogP contribution in [-0.2, 0) is 0 Å². The SMILES string of the molecule is N#Cc1cc(NC(N)=O)cnc1-n1nccn1. The maximum atomic E-state index is 10.7. The van der Waals surface area contributed by atoms with Crippen molar-refractivity contribution in [3.05, 3.63) is 30.2 Å². The number of nitriles is 1. The topological polar surface area (TPSA) is 123 Å². The van der Waals surface area contributed by atoms with Crippen LogP contribution in [-0.4, -0.2) is 26.0 Å². The predicted molar refractivity (Wildman–Crippen MR) is 57.1 cm³/mol. The van der Waals surface area contributed by atoms with E-state index >= 15 is 0 Å². The molecule has 0 unspecified atom stereocenters. The predicted octanol–water partition coefficient (Wildman–Crippen LogP) is 0.0246. The maximum Gasteiger partial charge on any atom is 0.316 e. The molecule has 0 saturated carbocycles. The molecule has 2 heterocycles. The fourth-order valence-electron chi connectivity index (χ4n) is 1.23. The van der Waals surface area contributed by atoms with E-state index in [4.69, 9.17) is 11.0 Å². The normalized spacial score (nSPS) is 9.59. The van der Waals surface area contributed by atoms with Gasteiger partial charge in [0.15, 0.2) is 5.82 Å². The van der Waals surface area contributed by atoms with Crippen LogP contribution in [0.15, 0.2) is 24.7 Å². The molecule has 84 valence electrons. The molecule has 8 nitrogen and oxygen atoms in total. The highest BCUT2D eigenvalue weighted by Crippen LogP contribution is 2.14. The van der Waals surface area contributed by atoms with Crippen LogP contribution in [0.3, 0.4) is 0 Å². The summed E-state index contributed by atoms with van der Waals surface area (Å²) in [6, 6.07) is 2.66. The quantitative estimate of drug-likeness (QED) is 0.751. The summed E-state index contributed by atoms with van der Waals surface area (Å²) in [6.07, 6.45) is 4.31. The van der Waals surface area contributed by atoms with Gasteiger partial charge in [0.05, 0.1) is 24.3 Å². The number of pyridine rings is 1. The van der Waals surface area contributed by atoms with Gasteiger partial charge < -0.3 is 11.1 Å². The second-order valence-electron chi connectivity index (χ2n) is 3.01. The number of primary amides is 1. The molecule has 3 N–H and O–H groups in total. The highest BCUT2D eigenvalue weighted by molar-refractivity contribution is 5.87. The fraction of sp³-hybridized carbons (Fsp3) is 0. The van der Waals surface area contributed by atoms with Gasteiger partial charge >= 0.3 is 6.03 Å². The largest absolute Gasteiger partial charge is 0.351 e. The van der Waals surface area contributed by atoms with Crippen molar-refractivity contribution in [1.82, 2.24) is 20.0 Å². The van der Waals surface area contributed by atoms with E-state index in [1.165, 1.54) is 29.5 Å². The van der Waals surface area contributed by atoms with E-state index in [1.54, 1.807) is 0 Å². The molecule has 0 atom stereocenters. The second-order valence-corrected chi connectivity index (χ2v) is 3.01. The molecule has 0 aromatic carbocycles. The first kappa shape index (κ1) is 10.6. The lowest BCUT2D eigenvalue weighted by Gasteiger charge is -2.04. The van der Waals surface area contributed by atoms with E-state index < -0.39 is 6.03 Å². The third-order valence-corrected chi connectivity index (χ3v) is 1.86. The Bertz CT molecular complexity index is 584. The van der Waals surface area contributed by atoms with E-state index in [1.807, 2.05) is 6.07 Å². The molecule has 0 aliphatic carbocycles. The fourth-order valence-corrected chi connectivity index (χ4v) is 1.23. The number of hydrogen-bond acceptors (Lipinski definition) is 5. The number of hydrogen-bond donors (Lipinski definition) is 2. The van der Waals surface area contributed by atoms with Crippen LogP contribution in [0.25, 0.3) is 5.82 Å². The Kier molecular flexibility index (Phi) is 2.66. The first-order chi connectivity index (χ1) is 8.20. The average molecular weight is 229 g/mol. The van der Waals surface area contributed by atoms with Crippen LogP contribution in [0, 0.1) is 11.3 Å². The highest BCUT2D eigenvalue weighted by atomic mass is 16.2. The van der Waals surface area contributed by atoms with Crippen LogP contribution in [0.2, 0.25) is 0 Å². The summed E-state index contributed by atoms with van der Waals surface area (Å²) in [5.41, 5.74) is 5.53. The Balaban J connectivity index is 2.43. The van der Waals surface area contributed by atoms with Gasteiger partial charge in [-0.15, -0.1) is 4.80 Å². The molecule has 0 aliphatic rings.